The van der Waals surface area contributed by atoms with E-state index in [0.717, 1.165) is 10.2 Å². The highest BCUT2D eigenvalue weighted by atomic mass is 35.5. The average molecular weight is 407 g/mol. The van der Waals surface area contributed by atoms with Crippen molar-refractivity contribution in [2.24, 2.45) is 0 Å². The SMILES string of the molecule is O=C(Cc1nc(-c2ccc(Cl)c(F)c2)nn1CO)NCc1ccc(OO)cc1. The molecule has 8 nitrogen and oxygen atoms in total. The van der Waals surface area contributed by atoms with Gasteiger partial charge in [0.25, 0.3) is 0 Å². The normalized spacial score (nSPS) is 10.7. The molecule has 3 aromatic rings. The summed E-state index contributed by atoms with van der Waals surface area (Å²) in [5.74, 6) is -0.256. The minimum Gasteiger partial charge on any atom is -0.374 e. The Bertz CT molecular complexity index is 978. The fourth-order valence-corrected chi connectivity index (χ4v) is 2.57. The van der Waals surface area contributed by atoms with E-state index >= 15 is 0 Å². The van der Waals surface area contributed by atoms with Crippen molar-refractivity contribution in [2.45, 2.75) is 19.7 Å². The first kappa shape index (κ1) is 19.7. The van der Waals surface area contributed by atoms with E-state index in [1.54, 1.807) is 30.3 Å². The van der Waals surface area contributed by atoms with E-state index in [-0.39, 0.29) is 41.3 Å². The Morgan fingerprint density at radius 1 is 1.25 bits per heavy atom. The zero-order valence-electron chi connectivity index (χ0n) is 14.5. The van der Waals surface area contributed by atoms with Gasteiger partial charge in [-0.15, -0.1) is 5.10 Å². The number of nitrogens with zero attached hydrogens (tertiary/aromatic N) is 3. The molecule has 0 saturated heterocycles. The zero-order valence-corrected chi connectivity index (χ0v) is 15.2. The summed E-state index contributed by atoms with van der Waals surface area (Å²) in [6.07, 6.45) is -0.124. The first-order valence-corrected chi connectivity index (χ1v) is 8.55. The summed E-state index contributed by atoms with van der Waals surface area (Å²) in [7, 11) is 0. The lowest BCUT2D eigenvalue weighted by Gasteiger charge is -2.06. The van der Waals surface area contributed by atoms with Gasteiger partial charge in [0.2, 0.25) is 5.91 Å². The van der Waals surface area contributed by atoms with E-state index in [1.165, 1.54) is 12.1 Å². The number of rotatable bonds is 7. The summed E-state index contributed by atoms with van der Waals surface area (Å²) in [5.41, 5.74) is 1.18. The van der Waals surface area contributed by atoms with Gasteiger partial charge in [0, 0.05) is 12.1 Å². The van der Waals surface area contributed by atoms with E-state index in [4.69, 9.17) is 16.9 Å². The zero-order chi connectivity index (χ0) is 20.1. The summed E-state index contributed by atoms with van der Waals surface area (Å²) in [5, 5.41) is 24.8. The van der Waals surface area contributed by atoms with Gasteiger partial charge < -0.3 is 15.3 Å². The summed E-state index contributed by atoms with van der Waals surface area (Å²) in [6, 6.07) is 10.6. The number of aromatic nitrogens is 3. The molecule has 0 unspecified atom stereocenters. The molecule has 0 fully saturated rings. The van der Waals surface area contributed by atoms with Gasteiger partial charge in [-0.2, -0.15) is 0 Å². The molecule has 0 aliphatic heterocycles. The van der Waals surface area contributed by atoms with Gasteiger partial charge in [-0.25, -0.2) is 19.3 Å². The van der Waals surface area contributed by atoms with E-state index in [0.29, 0.717) is 5.56 Å². The fraction of sp³-hybridized carbons (Fsp3) is 0.167. The summed E-state index contributed by atoms with van der Waals surface area (Å²) >= 11 is 5.67. The molecular formula is C18H16ClFN4O4. The van der Waals surface area contributed by atoms with Gasteiger partial charge in [0.05, 0.1) is 11.4 Å². The molecule has 10 heteroatoms. The highest BCUT2D eigenvalue weighted by Gasteiger charge is 2.15. The maximum atomic E-state index is 13.6. The van der Waals surface area contributed by atoms with E-state index < -0.39 is 12.5 Å². The molecule has 0 bridgehead atoms. The number of benzene rings is 2. The molecule has 1 amide bonds. The van der Waals surface area contributed by atoms with Crippen LogP contribution in [0.25, 0.3) is 11.4 Å². The van der Waals surface area contributed by atoms with Gasteiger partial charge in [-0.3, -0.25) is 4.79 Å². The summed E-state index contributed by atoms with van der Waals surface area (Å²) in [4.78, 5) is 20.5. The molecule has 3 N–H and O–H groups in total. The molecule has 0 spiro atoms. The molecular weight excluding hydrogens is 391 g/mol. The molecule has 2 aromatic carbocycles. The quantitative estimate of drug-likeness (QED) is 0.410. The number of hydrogen-bond acceptors (Lipinski definition) is 6. The van der Waals surface area contributed by atoms with Crippen LogP contribution in [0.4, 0.5) is 4.39 Å². The first-order chi connectivity index (χ1) is 13.5. The van der Waals surface area contributed by atoms with Gasteiger partial charge >= 0.3 is 0 Å². The number of aliphatic hydroxyl groups is 1. The lowest BCUT2D eigenvalue weighted by atomic mass is 10.2. The Kier molecular flexibility index (Phi) is 6.19. The van der Waals surface area contributed by atoms with E-state index in [1.807, 2.05) is 0 Å². The minimum absolute atomic E-state index is 0.0245. The predicted octanol–water partition coefficient (Wildman–Crippen LogP) is 2.40. The largest absolute Gasteiger partial charge is 0.374 e. The van der Waals surface area contributed by atoms with Crippen molar-refractivity contribution in [3.8, 4) is 17.1 Å². The Hall–Kier alpha value is -3.01. The molecule has 3 rings (SSSR count). The Morgan fingerprint density at radius 3 is 2.64 bits per heavy atom. The summed E-state index contributed by atoms with van der Waals surface area (Å²) in [6.45, 7) is -0.221. The smallest absolute Gasteiger partial charge is 0.227 e. The van der Waals surface area contributed by atoms with Crippen molar-refractivity contribution in [2.75, 3.05) is 0 Å². The second-order valence-electron chi connectivity index (χ2n) is 5.81. The van der Waals surface area contributed by atoms with Crippen LogP contribution in [0.3, 0.4) is 0 Å². The van der Waals surface area contributed by atoms with E-state index in [2.05, 4.69) is 20.3 Å². The number of aliphatic hydroxyl groups excluding tert-OH is 1. The second kappa shape index (κ2) is 8.79. The van der Waals surface area contributed by atoms with Crippen molar-refractivity contribution in [3.05, 3.63) is 64.7 Å². The van der Waals surface area contributed by atoms with Crippen LogP contribution in [0.5, 0.6) is 5.75 Å². The molecule has 1 aromatic heterocycles. The number of amides is 1. The topological polar surface area (TPSA) is 110 Å². The monoisotopic (exact) mass is 406 g/mol. The predicted molar refractivity (Wildman–Crippen MR) is 97.9 cm³/mol. The van der Waals surface area contributed by atoms with Crippen LogP contribution < -0.4 is 10.2 Å². The third-order valence-electron chi connectivity index (χ3n) is 3.90. The van der Waals surface area contributed by atoms with Gasteiger partial charge in [0.15, 0.2) is 11.6 Å². The molecule has 146 valence electrons. The Morgan fingerprint density at radius 2 is 2.00 bits per heavy atom. The number of carbonyl (C=O) groups excluding carboxylic acids is 1. The number of carbonyl (C=O) groups is 1. The van der Waals surface area contributed by atoms with Gasteiger partial charge in [-0.1, -0.05) is 23.7 Å². The Labute approximate surface area is 164 Å². The Balaban J connectivity index is 1.67. The molecule has 0 atom stereocenters. The summed E-state index contributed by atoms with van der Waals surface area (Å²) < 4.78 is 14.8. The highest BCUT2D eigenvalue weighted by Crippen LogP contribution is 2.22. The van der Waals surface area contributed by atoms with Crippen molar-refractivity contribution in [1.82, 2.24) is 20.1 Å². The van der Waals surface area contributed by atoms with Crippen molar-refractivity contribution < 1.29 is 24.4 Å². The van der Waals surface area contributed by atoms with Crippen LogP contribution in [-0.4, -0.2) is 31.0 Å². The van der Waals surface area contributed by atoms with Crippen molar-refractivity contribution in [3.63, 3.8) is 0 Å². The van der Waals surface area contributed by atoms with Crippen molar-refractivity contribution in [1.29, 1.82) is 0 Å². The highest BCUT2D eigenvalue weighted by molar-refractivity contribution is 6.30. The number of nitrogens with one attached hydrogen (secondary N) is 1. The minimum atomic E-state index is -0.614. The average Bonchev–Trinajstić information content (AvgIpc) is 3.11. The second-order valence-corrected chi connectivity index (χ2v) is 6.22. The first-order valence-electron chi connectivity index (χ1n) is 8.17. The molecule has 0 aliphatic rings. The van der Waals surface area contributed by atoms with Gasteiger partial charge in [0.1, 0.15) is 18.4 Å². The maximum absolute atomic E-state index is 13.6. The van der Waals surface area contributed by atoms with Crippen LogP contribution in [-0.2, 0) is 24.5 Å². The molecule has 1 heterocycles. The molecule has 0 radical (unpaired) electrons. The van der Waals surface area contributed by atoms with Crippen LogP contribution >= 0.6 is 11.6 Å². The fourth-order valence-electron chi connectivity index (χ4n) is 2.45. The van der Waals surface area contributed by atoms with Gasteiger partial charge in [-0.05, 0) is 35.9 Å². The molecule has 0 saturated carbocycles. The van der Waals surface area contributed by atoms with Crippen LogP contribution in [0, 0.1) is 5.82 Å². The third kappa shape index (κ3) is 4.63. The van der Waals surface area contributed by atoms with E-state index in [9.17, 15) is 14.3 Å². The lowest BCUT2D eigenvalue weighted by Crippen LogP contribution is -2.26. The van der Waals surface area contributed by atoms with Crippen molar-refractivity contribution >= 4 is 17.5 Å². The van der Waals surface area contributed by atoms with Crippen LogP contribution in [0.15, 0.2) is 42.5 Å². The van der Waals surface area contributed by atoms with Crippen LogP contribution in [0.2, 0.25) is 5.02 Å². The number of halogens is 2. The molecule has 0 aliphatic carbocycles. The lowest BCUT2D eigenvalue weighted by molar-refractivity contribution is -0.137. The molecule has 28 heavy (non-hydrogen) atoms. The maximum Gasteiger partial charge on any atom is 0.227 e. The standard InChI is InChI=1S/C18H16ClFN4O4/c19-14-6-3-12(7-15(14)20)18-22-16(24(10-25)23-18)8-17(26)21-9-11-1-4-13(28-27)5-2-11/h1-7,25,27H,8-10H2,(H,21,26). The van der Waals surface area contributed by atoms with Crippen LogP contribution in [0.1, 0.15) is 11.4 Å². The third-order valence-corrected chi connectivity index (χ3v) is 4.20. The number of hydrogen-bond donors (Lipinski definition) is 3.